The van der Waals surface area contributed by atoms with E-state index < -0.39 is 5.97 Å². The highest BCUT2D eigenvalue weighted by Gasteiger charge is 2.14. The Morgan fingerprint density at radius 3 is 2.61 bits per heavy atom. The molecule has 0 radical (unpaired) electrons. The topological polar surface area (TPSA) is 56.5 Å². The number of fused-ring (bicyclic) bond motifs is 1. The van der Waals surface area contributed by atoms with Crippen LogP contribution in [0.2, 0.25) is 0 Å². The minimum atomic E-state index is -0.506. The summed E-state index contributed by atoms with van der Waals surface area (Å²) in [7, 11) is 0. The second-order valence-corrected chi connectivity index (χ2v) is 4.00. The van der Waals surface area contributed by atoms with Crippen molar-refractivity contribution >= 4 is 22.7 Å². The number of furan rings is 1. The summed E-state index contributed by atoms with van der Waals surface area (Å²) in [5.41, 5.74) is 0.814. The predicted octanol–water partition coefficient (Wildman–Crippen LogP) is 3.12. The highest BCUT2D eigenvalue weighted by Crippen LogP contribution is 2.29. The summed E-state index contributed by atoms with van der Waals surface area (Å²) < 4.78 is 10.5. The molecule has 2 aromatic rings. The minimum Gasteiger partial charge on any atom is -0.453 e. The molecule has 4 heteroatoms. The molecular formula is C14H12O4. The number of carbonyl (C=O) groups is 2. The van der Waals surface area contributed by atoms with E-state index in [1.54, 1.807) is 31.2 Å². The van der Waals surface area contributed by atoms with Crippen LogP contribution in [-0.2, 0) is 4.79 Å². The van der Waals surface area contributed by atoms with E-state index in [0.717, 1.165) is 0 Å². The maximum Gasteiger partial charge on any atom is 0.338 e. The van der Waals surface area contributed by atoms with Crippen molar-refractivity contribution in [2.24, 2.45) is 0 Å². The number of benzene rings is 1. The lowest BCUT2D eigenvalue weighted by molar-refractivity contribution is -0.129. The molecular weight excluding hydrogens is 232 g/mol. The van der Waals surface area contributed by atoms with Gasteiger partial charge in [-0.1, -0.05) is 12.6 Å². The molecule has 1 aromatic carbocycles. The Morgan fingerprint density at radius 2 is 2.00 bits per heavy atom. The number of ether oxygens (including phenoxy) is 1. The van der Waals surface area contributed by atoms with Gasteiger partial charge in [-0.15, -0.1) is 0 Å². The van der Waals surface area contributed by atoms with Crippen molar-refractivity contribution in [3.63, 3.8) is 0 Å². The third kappa shape index (κ3) is 2.18. The zero-order chi connectivity index (χ0) is 13.3. The van der Waals surface area contributed by atoms with E-state index in [1.807, 2.05) is 0 Å². The van der Waals surface area contributed by atoms with E-state index in [2.05, 4.69) is 6.58 Å². The van der Waals surface area contributed by atoms with Gasteiger partial charge < -0.3 is 9.15 Å². The van der Waals surface area contributed by atoms with Crippen LogP contribution in [0, 0.1) is 0 Å². The van der Waals surface area contributed by atoms with Gasteiger partial charge in [-0.05, 0) is 25.1 Å². The highest BCUT2D eigenvalue weighted by molar-refractivity contribution is 5.99. The zero-order valence-electron chi connectivity index (χ0n) is 10.1. The Hall–Kier alpha value is -2.36. The Kier molecular flexibility index (Phi) is 3.02. The number of Topliss-reactive ketones (excluding diaryl/α,β-unsaturated/α-hetero) is 1. The average Bonchev–Trinajstić information content (AvgIpc) is 2.73. The largest absolute Gasteiger partial charge is 0.453 e. The molecule has 0 aliphatic carbocycles. The molecule has 2 rings (SSSR count). The fraction of sp³-hybridized carbons (Fsp3) is 0.143. The second-order valence-electron chi connectivity index (χ2n) is 4.00. The monoisotopic (exact) mass is 244 g/mol. The van der Waals surface area contributed by atoms with Gasteiger partial charge in [-0.25, -0.2) is 4.79 Å². The Balaban J connectivity index is 2.48. The molecule has 4 nitrogen and oxygen atoms in total. The van der Waals surface area contributed by atoms with Crippen molar-refractivity contribution in [1.82, 2.24) is 0 Å². The summed E-state index contributed by atoms with van der Waals surface area (Å²) in [4.78, 5) is 22.7. The van der Waals surface area contributed by atoms with Crippen LogP contribution >= 0.6 is 0 Å². The Morgan fingerprint density at radius 1 is 1.28 bits per heavy atom. The Labute approximate surface area is 104 Å². The number of ketones is 1. The highest BCUT2D eigenvalue weighted by atomic mass is 16.5. The van der Waals surface area contributed by atoms with Gasteiger partial charge in [0.25, 0.3) is 0 Å². The van der Waals surface area contributed by atoms with Crippen LogP contribution in [0.1, 0.15) is 24.4 Å². The lowest BCUT2D eigenvalue weighted by Crippen LogP contribution is -2.08. The van der Waals surface area contributed by atoms with Gasteiger partial charge in [0.2, 0.25) is 0 Å². The van der Waals surface area contributed by atoms with Crippen LogP contribution in [0.25, 0.3) is 11.0 Å². The molecule has 0 saturated heterocycles. The Bertz CT molecular complexity index is 649. The summed E-state index contributed by atoms with van der Waals surface area (Å²) in [5, 5.41) is 0.595. The maximum atomic E-state index is 11.5. The third-order valence-electron chi connectivity index (χ3n) is 2.42. The summed E-state index contributed by atoms with van der Waals surface area (Å²) in [6, 6.07) is 6.61. The molecule has 0 bridgehead atoms. The zero-order valence-corrected chi connectivity index (χ0v) is 10.1. The van der Waals surface area contributed by atoms with E-state index >= 15 is 0 Å². The van der Waals surface area contributed by atoms with Crippen LogP contribution in [0.4, 0.5) is 0 Å². The van der Waals surface area contributed by atoms with Gasteiger partial charge in [0.05, 0.1) is 5.39 Å². The molecule has 1 aromatic heterocycles. The van der Waals surface area contributed by atoms with Crippen molar-refractivity contribution in [1.29, 1.82) is 0 Å². The molecule has 0 aliphatic rings. The van der Waals surface area contributed by atoms with E-state index in [0.29, 0.717) is 22.3 Å². The molecule has 0 aliphatic heterocycles. The quantitative estimate of drug-likeness (QED) is 0.360. The molecule has 0 N–H and O–H groups in total. The van der Waals surface area contributed by atoms with E-state index in [1.165, 1.54) is 6.92 Å². The van der Waals surface area contributed by atoms with Crippen molar-refractivity contribution < 1.29 is 18.7 Å². The summed E-state index contributed by atoms with van der Waals surface area (Å²) in [5.74, 6) is -0.0861. The molecule has 18 heavy (non-hydrogen) atoms. The fourth-order valence-corrected chi connectivity index (χ4v) is 1.48. The number of carbonyl (C=O) groups excluding carboxylic acids is 2. The van der Waals surface area contributed by atoms with Gasteiger partial charge >= 0.3 is 5.97 Å². The first-order valence-electron chi connectivity index (χ1n) is 5.40. The second kappa shape index (κ2) is 4.49. The number of rotatable bonds is 3. The summed E-state index contributed by atoms with van der Waals surface area (Å²) in [6.07, 6.45) is 0. The summed E-state index contributed by atoms with van der Waals surface area (Å²) >= 11 is 0. The SMILES string of the molecule is C=C(C)C(=O)Oc1cccc2oc(C(C)=O)cc12. The van der Waals surface area contributed by atoms with E-state index in [9.17, 15) is 9.59 Å². The molecule has 1 heterocycles. The molecule has 0 fully saturated rings. The first-order chi connectivity index (χ1) is 8.49. The maximum absolute atomic E-state index is 11.5. The molecule has 0 unspecified atom stereocenters. The van der Waals surface area contributed by atoms with Crippen molar-refractivity contribution in [3.8, 4) is 5.75 Å². The van der Waals surface area contributed by atoms with Crippen LogP contribution in [-0.4, -0.2) is 11.8 Å². The van der Waals surface area contributed by atoms with Crippen LogP contribution in [0.5, 0.6) is 5.75 Å². The van der Waals surface area contributed by atoms with Gasteiger partial charge in [0.15, 0.2) is 11.5 Å². The molecule has 0 amide bonds. The van der Waals surface area contributed by atoms with Gasteiger partial charge in [0.1, 0.15) is 11.3 Å². The van der Waals surface area contributed by atoms with Crippen LogP contribution < -0.4 is 4.74 Å². The van der Waals surface area contributed by atoms with E-state index in [4.69, 9.17) is 9.15 Å². The number of hydrogen-bond donors (Lipinski definition) is 0. The van der Waals surface area contributed by atoms with E-state index in [-0.39, 0.29) is 11.5 Å². The normalized spacial score (nSPS) is 10.3. The number of hydrogen-bond acceptors (Lipinski definition) is 4. The molecule has 0 atom stereocenters. The molecule has 0 spiro atoms. The minimum absolute atomic E-state index is 0.177. The first kappa shape index (κ1) is 12.1. The average molecular weight is 244 g/mol. The molecule has 92 valence electrons. The first-order valence-corrected chi connectivity index (χ1v) is 5.40. The van der Waals surface area contributed by atoms with Crippen LogP contribution in [0.3, 0.4) is 0 Å². The van der Waals surface area contributed by atoms with Gasteiger partial charge in [-0.3, -0.25) is 4.79 Å². The summed E-state index contributed by atoms with van der Waals surface area (Å²) in [6.45, 7) is 6.49. The fourth-order valence-electron chi connectivity index (χ4n) is 1.48. The standard InChI is InChI=1S/C14H12O4/c1-8(2)14(16)18-12-6-4-5-11-10(12)7-13(17-11)9(3)15/h4-7H,1H2,2-3H3. The number of esters is 1. The lowest BCUT2D eigenvalue weighted by Gasteiger charge is -2.03. The van der Waals surface area contributed by atoms with Gasteiger partial charge in [0, 0.05) is 12.5 Å². The van der Waals surface area contributed by atoms with Crippen molar-refractivity contribution in [2.75, 3.05) is 0 Å². The predicted molar refractivity (Wildman–Crippen MR) is 66.7 cm³/mol. The smallest absolute Gasteiger partial charge is 0.338 e. The lowest BCUT2D eigenvalue weighted by atomic mass is 10.2. The molecule has 0 saturated carbocycles. The third-order valence-corrected chi connectivity index (χ3v) is 2.42. The van der Waals surface area contributed by atoms with Crippen LogP contribution in [0.15, 0.2) is 40.8 Å². The van der Waals surface area contributed by atoms with Crippen molar-refractivity contribution in [3.05, 3.63) is 42.2 Å². The van der Waals surface area contributed by atoms with Gasteiger partial charge in [-0.2, -0.15) is 0 Å². The van der Waals surface area contributed by atoms with Crippen molar-refractivity contribution in [2.45, 2.75) is 13.8 Å².